The van der Waals surface area contributed by atoms with Gasteiger partial charge in [-0.3, -0.25) is 9.59 Å². The van der Waals surface area contributed by atoms with Crippen LogP contribution in [0.3, 0.4) is 0 Å². The van der Waals surface area contributed by atoms with Crippen molar-refractivity contribution in [1.29, 1.82) is 0 Å². The largest absolute Gasteiger partial charge is 0.418 e. The molecule has 0 aliphatic rings. The molecule has 1 aromatic rings. The summed E-state index contributed by atoms with van der Waals surface area (Å²) in [5, 5.41) is 4.41. The maximum atomic E-state index is 12.8. The zero-order valence-corrected chi connectivity index (χ0v) is 13.7. The molecule has 0 bridgehead atoms. The summed E-state index contributed by atoms with van der Waals surface area (Å²) < 4.78 is 38.5. The molecular weight excluding hydrogens is 323 g/mol. The van der Waals surface area contributed by atoms with Crippen molar-refractivity contribution in [2.24, 2.45) is 0 Å². The Morgan fingerprint density at radius 2 is 1.71 bits per heavy atom. The van der Waals surface area contributed by atoms with Gasteiger partial charge in [0.15, 0.2) is 0 Å². The lowest BCUT2D eigenvalue weighted by Crippen LogP contribution is -2.37. The Morgan fingerprint density at radius 1 is 1.08 bits per heavy atom. The first-order chi connectivity index (χ1) is 11.3. The van der Waals surface area contributed by atoms with E-state index in [2.05, 4.69) is 10.2 Å². The van der Waals surface area contributed by atoms with Gasteiger partial charge in [-0.1, -0.05) is 26.0 Å². The molecule has 0 aliphatic heterocycles. The zero-order valence-electron chi connectivity index (χ0n) is 13.7. The van der Waals surface area contributed by atoms with Gasteiger partial charge in [-0.25, -0.2) is 0 Å². The first-order valence-corrected chi connectivity index (χ1v) is 7.77. The highest BCUT2D eigenvalue weighted by Gasteiger charge is 2.33. The van der Waals surface area contributed by atoms with Crippen LogP contribution in [0.2, 0.25) is 0 Å². The van der Waals surface area contributed by atoms with Crippen LogP contribution in [0.15, 0.2) is 24.3 Å². The smallest absolute Gasteiger partial charge is 0.348 e. The van der Waals surface area contributed by atoms with Gasteiger partial charge in [-0.05, 0) is 38.2 Å². The molecule has 0 aliphatic carbocycles. The Morgan fingerprint density at radius 3 is 2.29 bits per heavy atom. The fourth-order valence-electron chi connectivity index (χ4n) is 2.14. The fraction of sp³-hybridized carbons (Fsp3) is 0.500. The van der Waals surface area contributed by atoms with Crippen molar-refractivity contribution in [3.8, 4) is 0 Å². The summed E-state index contributed by atoms with van der Waals surface area (Å²) in [5.74, 6) is -2.07. The van der Waals surface area contributed by atoms with Gasteiger partial charge in [0.2, 0.25) is 0 Å². The molecule has 0 heterocycles. The molecule has 0 saturated heterocycles. The first-order valence-electron chi connectivity index (χ1n) is 7.77. The average Bonchev–Trinajstić information content (AvgIpc) is 2.54. The summed E-state index contributed by atoms with van der Waals surface area (Å²) >= 11 is 0. The Balaban J connectivity index is 2.52. The lowest BCUT2D eigenvalue weighted by atomic mass is 10.1. The van der Waals surface area contributed by atoms with E-state index >= 15 is 0 Å². The molecule has 0 saturated carbocycles. The molecule has 5 nitrogen and oxygen atoms in total. The molecule has 0 radical (unpaired) electrons. The molecule has 0 unspecified atom stereocenters. The molecule has 0 atom stereocenters. The monoisotopic (exact) mass is 345 g/mol. The van der Waals surface area contributed by atoms with Crippen LogP contribution in [0.1, 0.15) is 25.8 Å². The third kappa shape index (κ3) is 6.19. The average molecular weight is 345 g/mol. The molecule has 2 N–H and O–H groups in total. The minimum Gasteiger partial charge on any atom is -0.348 e. The lowest BCUT2D eigenvalue weighted by molar-refractivity contribution is -0.138. The summed E-state index contributed by atoms with van der Waals surface area (Å²) in [7, 11) is 0. The minimum atomic E-state index is -4.61. The molecule has 1 rings (SSSR count). The second-order valence-electron chi connectivity index (χ2n) is 5.13. The fourth-order valence-corrected chi connectivity index (χ4v) is 2.14. The maximum Gasteiger partial charge on any atom is 0.418 e. The maximum absolute atomic E-state index is 12.8. The topological polar surface area (TPSA) is 61.4 Å². The molecule has 134 valence electrons. The number of nitrogens with zero attached hydrogens (tertiary/aromatic N) is 1. The van der Waals surface area contributed by atoms with Gasteiger partial charge in [-0.15, -0.1) is 0 Å². The predicted molar refractivity (Wildman–Crippen MR) is 85.5 cm³/mol. The van der Waals surface area contributed by atoms with Gasteiger partial charge >= 0.3 is 18.0 Å². The van der Waals surface area contributed by atoms with E-state index in [1.165, 1.54) is 12.1 Å². The lowest BCUT2D eigenvalue weighted by Gasteiger charge is -2.17. The molecule has 0 aromatic heterocycles. The van der Waals surface area contributed by atoms with Crippen molar-refractivity contribution in [1.82, 2.24) is 10.2 Å². The van der Waals surface area contributed by atoms with Crippen molar-refractivity contribution in [2.75, 3.05) is 31.5 Å². The van der Waals surface area contributed by atoms with E-state index < -0.39 is 29.2 Å². The Bertz CT molecular complexity index is 558. The van der Waals surface area contributed by atoms with Crippen LogP contribution in [-0.4, -0.2) is 42.9 Å². The number of nitrogens with one attached hydrogen (secondary N) is 2. The Kier molecular flexibility index (Phi) is 7.70. The van der Waals surface area contributed by atoms with Gasteiger partial charge in [0.1, 0.15) is 0 Å². The van der Waals surface area contributed by atoms with E-state index in [0.29, 0.717) is 6.42 Å². The van der Waals surface area contributed by atoms with Crippen LogP contribution >= 0.6 is 0 Å². The summed E-state index contributed by atoms with van der Waals surface area (Å²) in [6.45, 7) is 6.87. The van der Waals surface area contributed by atoms with E-state index in [-0.39, 0.29) is 6.54 Å². The summed E-state index contributed by atoms with van der Waals surface area (Å²) in [6.07, 6.45) is -3.95. The van der Waals surface area contributed by atoms with Crippen LogP contribution in [0, 0.1) is 0 Å². The van der Waals surface area contributed by atoms with Crippen LogP contribution in [0.4, 0.5) is 18.9 Å². The van der Waals surface area contributed by atoms with Gasteiger partial charge < -0.3 is 15.5 Å². The third-order valence-electron chi connectivity index (χ3n) is 3.52. The van der Waals surface area contributed by atoms with Crippen LogP contribution < -0.4 is 10.6 Å². The second-order valence-corrected chi connectivity index (χ2v) is 5.13. The zero-order chi connectivity index (χ0) is 18.2. The quantitative estimate of drug-likeness (QED) is 0.590. The SMILES string of the molecule is CCN(CC)CCCNC(=O)C(=O)Nc1ccccc1C(F)(F)F. The number of carbonyl (C=O) groups excluding carboxylic acids is 2. The Hall–Kier alpha value is -2.09. The van der Waals surface area contributed by atoms with Crippen LogP contribution in [-0.2, 0) is 15.8 Å². The number of hydrogen-bond acceptors (Lipinski definition) is 3. The van der Waals surface area contributed by atoms with Gasteiger partial charge in [-0.2, -0.15) is 13.2 Å². The summed E-state index contributed by atoms with van der Waals surface area (Å²) in [4.78, 5) is 25.6. The van der Waals surface area contributed by atoms with Gasteiger partial charge in [0.25, 0.3) is 0 Å². The second kappa shape index (κ2) is 9.27. The van der Waals surface area contributed by atoms with Crippen molar-refractivity contribution in [2.45, 2.75) is 26.4 Å². The standard InChI is InChI=1S/C16H22F3N3O2/c1-3-22(4-2)11-7-10-20-14(23)15(24)21-13-9-6-5-8-12(13)16(17,18)19/h5-6,8-9H,3-4,7,10-11H2,1-2H3,(H,20,23)(H,21,24). The number of benzene rings is 1. The van der Waals surface area contributed by atoms with Crippen LogP contribution in [0.25, 0.3) is 0 Å². The van der Waals surface area contributed by atoms with E-state index in [4.69, 9.17) is 0 Å². The molecular formula is C16H22F3N3O2. The molecule has 0 fully saturated rings. The van der Waals surface area contributed by atoms with E-state index in [1.807, 2.05) is 19.2 Å². The number of amides is 2. The molecule has 8 heteroatoms. The summed E-state index contributed by atoms with van der Waals surface area (Å²) in [5.41, 5.74) is -1.43. The van der Waals surface area contributed by atoms with Crippen molar-refractivity contribution < 1.29 is 22.8 Å². The van der Waals surface area contributed by atoms with Crippen molar-refractivity contribution >= 4 is 17.5 Å². The normalized spacial score (nSPS) is 11.4. The van der Waals surface area contributed by atoms with Gasteiger partial charge in [0.05, 0.1) is 11.3 Å². The first kappa shape index (κ1) is 20.0. The van der Waals surface area contributed by atoms with E-state index in [1.54, 1.807) is 0 Å². The number of alkyl halides is 3. The van der Waals surface area contributed by atoms with E-state index in [0.717, 1.165) is 31.8 Å². The number of carbonyl (C=O) groups is 2. The van der Waals surface area contributed by atoms with Crippen LogP contribution in [0.5, 0.6) is 0 Å². The summed E-state index contributed by atoms with van der Waals surface area (Å²) in [6, 6.07) is 4.52. The number of rotatable bonds is 7. The highest BCUT2D eigenvalue weighted by atomic mass is 19.4. The predicted octanol–water partition coefficient (Wildman–Crippen LogP) is 2.49. The molecule has 1 aromatic carbocycles. The number of para-hydroxylation sites is 1. The highest BCUT2D eigenvalue weighted by molar-refractivity contribution is 6.39. The van der Waals surface area contributed by atoms with Crippen molar-refractivity contribution in [3.05, 3.63) is 29.8 Å². The number of halogens is 3. The van der Waals surface area contributed by atoms with Crippen molar-refractivity contribution in [3.63, 3.8) is 0 Å². The minimum absolute atomic E-state index is 0.281. The number of hydrogen-bond donors (Lipinski definition) is 2. The van der Waals surface area contributed by atoms with E-state index in [9.17, 15) is 22.8 Å². The third-order valence-corrected chi connectivity index (χ3v) is 3.52. The molecule has 0 spiro atoms. The Labute approximate surface area is 139 Å². The molecule has 2 amide bonds. The number of anilines is 1. The van der Waals surface area contributed by atoms with Gasteiger partial charge in [0, 0.05) is 6.54 Å². The molecule has 24 heavy (non-hydrogen) atoms. The highest BCUT2D eigenvalue weighted by Crippen LogP contribution is 2.34.